The molecule has 0 saturated carbocycles. The van der Waals surface area contributed by atoms with Crippen molar-refractivity contribution in [3.8, 4) is 0 Å². The van der Waals surface area contributed by atoms with Gasteiger partial charge in [-0.2, -0.15) is 0 Å². The van der Waals surface area contributed by atoms with Gasteiger partial charge in [-0.15, -0.1) is 0 Å². The fraction of sp³-hybridized carbons (Fsp3) is 0.286. The lowest BCUT2D eigenvalue weighted by Crippen LogP contribution is -2.24. The summed E-state index contributed by atoms with van der Waals surface area (Å²) in [6.07, 6.45) is 0. The van der Waals surface area contributed by atoms with Gasteiger partial charge < -0.3 is 9.73 Å². The van der Waals surface area contributed by atoms with Crippen LogP contribution in [0, 0.1) is 26.6 Å². The van der Waals surface area contributed by atoms with Crippen molar-refractivity contribution in [1.29, 1.82) is 0 Å². The summed E-state index contributed by atoms with van der Waals surface area (Å²) >= 11 is 0. The Morgan fingerprint density at radius 2 is 2.11 bits per heavy atom. The molecule has 0 aliphatic rings. The average molecular weight is 262 g/mol. The molecule has 2 aromatic rings. The lowest BCUT2D eigenvalue weighted by atomic mass is 10.1. The number of oxazole rings is 1. The molecule has 0 bridgehead atoms. The first-order valence-electron chi connectivity index (χ1n) is 5.94. The Balaban J connectivity index is 2.07. The summed E-state index contributed by atoms with van der Waals surface area (Å²) in [6, 6.07) is 4.41. The van der Waals surface area contributed by atoms with Crippen molar-refractivity contribution in [2.24, 2.45) is 0 Å². The van der Waals surface area contributed by atoms with Crippen LogP contribution in [-0.4, -0.2) is 10.9 Å². The van der Waals surface area contributed by atoms with Crippen molar-refractivity contribution in [2.75, 3.05) is 0 Å². The van der Waals surface area contributed by atoms with Gasteiger partial charge in [-0.25, -0.2) is 9.37 Å². The molecule has 1 heterocycles. The van der Waals surface area contributed by atoms with Crippen molar-refractivity contribution in [3.63, 3.8) is 0 Å². The third-order valence-electron chi connectivity index (χ3n) is 2.84. The van der Waals surface area contributed by atoms with E-state index in [2.05, 4.69) is 10.3 Å². The van der Waals surface area contributed by atoms with E-state index in [-0.39, 0.29) is 12.1 Å². The summed E-state index contributed by atoms with van der Waals surface area (Å²) in [4.78, 5) is 16.0. The Bertz CT molecular complexity index is 600. The molecule has 0 fully saturated rings. The number of aryl methyl sites for hydroxylation is 3. The van der Waals surface area contributed by atoms with Gasteiger partial charge in [-0.05, 0) is 32.9 Å². The number of benzene rings is 1. The first-order chi connectivity index (χ1) is 8.97. The number of hydrogen-bond acceptors (Lipinski definition) is 3. The molecule has 4 nitrogen and oxygen atoms in total. The number of amides is 1. The zero-order valence-corrected chi connectivity index (χ0v) is 11.1. The molecule has 0 aliphatic heterocycles. The lowest BCUT2D eigenvalue weighted by Gasteiger charge is -2.05. The van der Waals surface area contributed by atoms with Gasteiger partial charge in [0.15, 0.2) is 0 Å². The van der Waals surface area contributed by atoms with Crippen molar-refractivity contribution in [2.45, 2.75) is 27.3 Å². The van der Waals surface area contributed by atoms with Gasteiger partial charge in [-0.3, -0.25) is 4.79 Å². The van der Waals surface area contributed by atoms with Gasteiger partial charge in [-0.1, -0.05) is 11.6 Å². The monoisotopic (exact) mass is 262 g/mol. The van der Waals surface area contributed by atoms with Crippen molar-refractivity contribution < 1.29 is 13.6 Å². The summed E-state index contributed by atoms with van der Waals surface area (Å²) in [5.74, 6) is 0.111. The minimum Gasteiger partial charge on any atom is -0.444 e. The van der Waals surface area contributed by atoms with E-state index in [0.29, 0.717) is 11.7 Å². The van der Waals surface area contributed by atoms with Gasteiger partial charge in [0.2, 0.25) is 5.89 Å². The summed E-state index contributed by atoms with van der Waals surface area (Å²) in [5.41, 5.74) is 1.64. The van der Waals surface area contributed by atoms with Crippen LogP contribution in [-0.2, 0) is 6.54 Å². The number of nitrogens with zero attached hydrogens (tertiary/aromatic N) is 1. The molecule has 0 unspecified atom stereocenters. The minimum absolute atomic E-state index is 0.0278. The largest absolute Gasteiger partial charge is 0.444 e. The van der Waals surface area contributed by atoms with E-state index in [9.17, 15) is 9.18 Å². The molecule has 1 amide bonds. The van der Waals surface area contributed by atoms with E-state index >= 15 is 0 Å². The third kappa shape index (κ3) is 2.99. The van der Waals surface area contributed by atoms with Crippen LogP contribution in [0.3, 0.4) is 0 Å². The third-order valence-corrected chi connectivity index (χ3v) is 2.84. The predicted molar refractivity (Wildman–Crippen MR) is 68.3 cm³/mol. The van der Waals surface area contributed by atoms with Gasteiger partial charge >= 0.3 is 0 Å². The van der Waals surface area contributed by atoms with E-state index in [1.807, 2.05) is 6.92 Å². The van der Waals surface area contributed by atoms with Crippen LogP contribution >= 0.6 is 0 Å². The van der Waals surface area contributed by atoms with Crippen LogP contribution in [0.25, 0.3) is 0 Å². The zero-order valence-electron chi connectivity index (χ0n) is 11.1. The van der Waals surface area contributed by atoms with Gasteiger partial charge in [0, 0.05) is 0 Å². The molecule has 1 aromatic carbocycles. The highest BCUT2D eigenvalue weighted by Crippen LogP contribution is 2.11. The smallest absolute Gasteiger partial charge is 0.254 e. The van der Waals surface area contributed by atoms with Crippen molar-refractivity contribution in [1.82, 2.24) is 10.3 Å². The molecule has 0 atom stereocenters. The first-order valence-corrected chi connectivity index (χ1v) is 5.94. The molecular weight excluding hydrogens is 247 g/mol. The predicted octanol–water partition coefficient (Wildman–Crippen LogP) is 2.67. The van der Waals surface area contributed by atoms with E-state index < -0.39 is 11.7 Å². The fourth-order valence-corrected chi connectivity index (χ4v) is 1.68. The maximum atomic E-state index is 13.5. The Kier molecular flexibility index (Phi) is 3.64. The Morgan fingerprint density at radius 3 is 2.74 bits per heavy atom. The highest BCUT2D eigenvalue weighted by Gasteiger charge is 2.13. The van der Waals surface area contributed by atoms with Crippen LogP contribution in [0.5, 0.6) is 0 Å². The maximum absolute atomic E-state index is 13.5. The Hall–Kier alpha value is -2.17. The molecule has 100 valence electrons. The zero-order chi connectivity index (χ0) is 14.0. The molecule has 1 N–H and O–H groups in total. The molecule has 1 aromatic heterocycles. The second-order valence-corrected chi connectivity index (χ2v) is 4.42. The van der Waals surface area contributed by atoms with E-state index in [1.54, 1.807) is 19.9 Å². The summed E-state index contributed by atoms with van der Waals surface area (Å²) < 4.78 is 18.8. The van der Waals surface area contributed by atoms with E-state index in [1.165, 1.54) is 12.1 Å². The maximum Gasteiger partial charge on any atom is 0.254 e. The number of aromatic nitrogens is 1. The highest BCUT2D eigenvalue weighted by atomic mass is 19.1. The van der Waals surface area contributed by atoms with Crippen LogP contribution in [0.1, 0.15) is 33.3 Å². The molecular formula is C14H15FN2O2. The first kappa shape index (κ1) is 13.3. The van der Waals surface area contributed by atoms with Crippen molar-refractivity contribution in [3.05, 3.63) is 52.5 Å². The molecule has 0 spiro atoms. The van der Waals surface area contributed by atoms with Gasteiger partial charge in [0.25, 0.3) is 5.91 Å². The number of hydrogen-bond donors (Lipinski definition) is 1. The standard InChI is InChI=1S/C14H15FN2O2/c1-8-4-5-12(15)11(6-8)14(18)16-7-13-17-9(2)10(3)19-13/h4-6H,7H2,1-3H3,(H,16,18). The summed E-state index contributed by atoms with van der Waals surface area (Å²) in [5, 5.41) is 2.59. The van der Waals surface area contributed by atoms with Crippen molar-refractivity contribution >= 4 is 5.91 Å². The highest BCUT2D eigenvalue weighted by molar-refractivity contribution is 5.94. The SMILES string of the molecule is Cc1ccc(F)c(C(=O)NCc2nc(C)c(C)o2)c1. The molecule has 0 aliphatic carbocycles. The molecule has 0 saturated heterocycles. The second-order valence-electron chi connectivity index (χ2n) is 4.42. The number of carbonyl (C=O) groups is 1. The van der Waals surface area contributed by atoms with Crippen LogP contribution in [0.4, 0.5) is 4.39 Å². The fourth-order valence-electron chi connectivity index (χ4n) is 1.68. The second kappa shape index (κ2) is 5.22. The molecule has 19 heavy (non-hydrogen) atoms. The van der Waals surface area contributed by atoms with Crippen LogP contribution < -0.4 is 5.32 Å². The number of rotatable bonds is 3. The van der Waals surface area contributed by atoms with Gasteiger partial charge in [0.05, 0.1) is 17.8 Å². The number of nitrogens with one attached hydrogen (secondary N) is 1. The van der Waals surface area contributed by atoms with Crippen LogP contribution in [0.2, 0.25) is 0 Å². The van der Waals surface area contributed by atoms with E-state index in [0.717, 1.165) is 11.3 Å². The topological polar surface area (TPSA) is 55.1 Å². The summed E-state index contributed by atoms with van der Waals surface area (Å²) in [7, 11) is 0. The normalized spacial score (nSPS) is 10.5. The van der Waals surface area contributed by atoms with Crippen LogP contribution in [0.15, 0.2) is 22.6 Å². The molecule has 0 radical (unpaired) electrons. The average Bonchev–Trinajstić information content (AvgIpc) is 2.69. The Labute approximate surface area is 110 Å². The molecule has 2 rings (SSSR count). The minimum atomic E-state index is -0.539. The Morgan fingerprint density at radius 1 is 1.37 bits per heavy atom. The van der Waals surface area contributed by atoms with E-state index in [4.69, 9.17) is 4.42 Å². The number of carbonyl (C=O) groups excluding carboxylic acids is 1. The van der Waals surface area contributed by atoms with Gasteiger partial charge in [0.1, 0.15) is 11.6 Å². The summed E-state index contributed by atoms with van der Waals surface area (Å²) in [6.45, 7) is 5.57. The quantitative estimate of drug-likeness (QED) is 0.925. The number of halogens is 1. The molecule has 5 heteroatoms. The lowest BCUT2D eigenvalue weighted by molar-refractivity contribution is 0.0943.